The van der Waals surface area contributed by atoms with Crippen LogP contribution in [0.5, 0.6) is 0 Å². The van der Waals surface area contributed by atoms with Crippen molar-refractivity contribution in [3.8, 4) is 6.07 Å². The van der Waals surface area contributed by atoms with E-state index in [1.165, 1.54) is 16.7 Å². The van der Waals surface area contributed by atoms with E-state index in [2.05, 4.69) is 75.4 Å². The Balaban J connectivity index is 2.36. The zero-order valence-electron chi connectivity index (χ0n) is 32.7. The molecule has 4 atom stereocenters. The zero-order chi connectivity index (χ0) is 37.7. The van der Waals surface area contributed by atoms with Gasteiger partial charge in [0.1, 0.15) is 11.9 Å². The van der Waals surface area contributed by atoms with E-state index in [4.69, 9.17) is 9.83 Å². The molecule has 1 aliphatic carbocycles. The number of nitrogens with zero attached hydrogens (tertiary/aromatic N) is 4. The predicted molar refractivity (Wildman–Crippen MR) is 207 cm³/mol. The number of amides is 2. The van der Waals surface area contributed by atoms with Crippen LogP contribution in [0.4, 0.5) is 0 Å². The molecule has 2 amide bonds. The summed E-state index contributed by atoms with van der Waals surface area (Å²) >= 11 is 0. The molecule has 1 aliphatic heterocycles. The van der Waals surface area contributed by atoms with Crippen molar-refractivity contribution < 1.29 is 14.4 Å². The molecule has 0 spiro atoms. The first-order chi connectivity index (χ1) is 24.4. The normalized spacial score (nSPS) is 20.6. The topological polar surface area (TPSA) is 122 Å². The number of allylic oxidation sites excluding steroid dienone is 3. The highest BCUT2D eigenvalue weighted by atomic mass is 16.7. The molecule has 0 aromatic heterocycles. The number of aryl methyl sites for hydroxylation is 1. The Kier molecular flexibility index (Phi) is 15.9. The van der Waals surface area contributed by atoms with Crippen LogP contribution in [-0.2, 0) is 21.5 Å². The van der Waals surface area contributed by atoms with Crippen LogP contribution in [0.25, 0.3) is 0 Å². The molecule has 2 aliphatic rings. The number of hydroxylamine groups is 2. The Labute approximate surface area is 307 Å². The van der Waals surface area contributed by atoms with E-state index < -0.39 is 5.41 Å². The van der Waals surface area contributed by atoms with Gasteiger partial charge >= 0.3 is 0 Å². The lowest BCUT2D eigenvalue weighted by molar-refractivity contribution is -0.130. The predicted octanol–water partition coefficient (Wildman–Crippen LogP) is 6.36. The monoisotopic (exact) mass is 701 g/mol. The first kappa shape index (κ1) is 41.5. The minimum absolute atomic E-state index is 0.0397. The van der Waals surface area contributed by atoms with Gasteiger partial charge in [0, 0.05) is 51.4 Å². The standard InChI is InChI=1S/C41H63N7O3/c1-11-14-31(6)48(51-10)40(45-9)41(25-30(5)46-27-38(49)47-21-13-16-35(47)26-42)36(15-12-2)32(23-28(3)22-29(4)43-7)17-18-33-24-34(39(50)44-8)19-20-37(33)41/h19-20,23-24,30-31,35,43,46H,4,11-18,21-22,25,27H2,1-3,5-10H3,(H,44,50)/b28-23+,45-40?/t30-,31?,35?,41?/m1/s1. The van der Waals surface area contributed by atoms with Crippen molar-refractivity contribution in [2.45, 2.75) is 122 Å². The number of hydrogen-bond donors (Lipinski definition) is 3. The van der Waals surface area contributed by atoms with Gasteiger partial charge in [0.2, 0.25) is 5.91 Å². The fourth-order valence-corrected chi connectivity index (χ4v) is 8.08. The largest absolute Gasteiger partial charge is 0.392 e. The number of benzene rings is 1. The average Bonchev–Trinajstić information content (AvgIpc) is 3.57. The van der Waals surface area contributed by atoms with Crippen LogP contribution >= 0.6 is 0 Å². The number of nitriles is 1. The molecule has 51 heavy (non-hydrogen) atoms. The molecule has 0 radical (unpaired) electrons. The molecule has 3 N–H and O–H groups in total. The Morgan fingerprint density at radius 1 is 1.22 bits per heavy atom. The molecule has 1 aromatic rings. The second kappa shape index (κ2) is 19.6. The number of aliphatic imine (C=N–C) groups is 1. The Bertz CT molecular complexity index is 1520. The molecular formula is C41H63N7O3. The van der Waals surface area contributed by atoms with E-state index in [-0.39, 0.29) is 36.5 Å². The van der Waals surface area contributed by atoms with Gasteiger partial charge in [-0.2, -0.15) is 5.26 Å². The lowest BCUT2D eigenvalue weighted by Crippen LogP contribution is -2.54. The van der Waals surface area contributed by atoms with Gasteiger partial charge in [-0.3, -0.25) is 19.4 Å². The summed E-state index contributed by atoms with van der Waals surface area (Å²) in [4.78, 5) is 39.5. The van der Waals surface area contributed by atoms with Gasteiger partial charge in [-0.1, -0.05) is 51.0 Å². The maximum absolute atomic E-state index is 13.4. The van der Waals surface area contributed by atoms with E-state index in [9.17, 15) is 14.9 Å². The first-order valence-corrected chi connectivity index (χ1v) is 18.8. The third kappa shape index (κ3) is 9.69. The van der Waals surface area contributed by atoms with Crippen molar-refractivity contribution in [2.24, 2.45) is 4.99 Å². The van der Waals surface area contributed by atoms with E-state index >= 15 is 0 Å². The van der Waals surface area contributed by atoms with Gasteiger partial charge in [0.05, 0.1) is 31.2 Å². The fourth-order valence-electron chi connectivity index (χ4n) is 8.08. The minimum Gasteiger partial charge on any atom is -0.392 e. The summed E-state index contributed by atoms with van der Waals surface area (Å²) in [5.41, 5.74) is 6.76. The van der Waals surface area contributed by atoms with Crippen LogP contribution in [0.3, 0.4) is 0 Å². The van der Waals surface area contributed by atoms with E-state index in [0.29, 0.717) is 18.5 Å². The summed E-state index contributed by atoms with van der Waals surface area (Å²) in [6.45, 7) is 15.8. The maximum Gasteiger partial charge on any atom is 0.251 e. The van der Waals surface area contributed by atoms with E-state index in [0.717, 1.165) is 80.4 Å². The molecule has 3 unspecified atom stereocenters. The summed E-state index contributed by atoms with van der Waals surface area (Å²) < 4.78 is 0. The molecule has 1 fully saturated rings. The van der Waals surface area contributed by atoms with Crippen LogP contribution < -0.4 is 16.0 Å². The van der Waals surface area contributed by atoms with Crippen LogP contribution in [0.1, 0.15) is 114 Å². The second-order valence-electron chi connectivity index (χ2n) is 14.2. The van der Waals surface area contributed by atoms with Gasteiger partial charge in [-0.25, -0.2) is 5.06 Å². The SMILES string of the molecule is C=C(C/C(C)=C/C1=C(CCC)C(C[C@@H](C)NCC(=O)N2CCCC2C#N)(C(=NC)N(OC)C(C)CCC)c2ccc(C(=O)NC)cc2CC1)NC. The van der Waals surface area contributed by atoms with Gasteiger partial charge in [0.15, 0.2) is 0 Å². The molecule has 280 valence electrons. The average molecular weight is 702 g/mol. The number of rotatable bonds is 17. The highest BCUT2D eigenvalue weighted by molar-refractivity contribution is 5.98. The van der Waals surface area contributed by atoms with Crippen molar-refractivity contribution in [1.82, 2.24) is 25.9 Å². The summed E-state index contributed by atoms with van der Waals surface area (Å²) in [5.74, 6) is 0.642. The molecule has 10 nitrogen and oxygen atoms in total. The fraction of sp³-hybridized carbons (Fsp3) is 0.610. The third-order valence-electron chi connectivity index (χ3n) is 10.4. The molecule has 1 aromatic carbocycles. The Hall–Kier alpha value is -3.94. The van der Waals surface area contributed by atoms with Gasteiger partial charge in [-0.05, 0) is 100 Å². The summed E-state index contributed by atoms with van der Waals surface area (Å²) in [7, 11) is 7.13. The number of fused-ring (bicyclic) bond motifs is 1. The molecular weight excluding hydrogens is 638 g/mol. The minimum atomic E-state index is -0.764. The van der Waals surface area contributed by atoms with Crippen LogP contribution in [-0.4, -0.2) is 87.1 Å². The summed E-state index contributed by atoms with van der Waals surface area (Å²) in [6, 6.07) is 7.93. The second-order valence-corrected chi connectivity index (χ2v) is 14.2. The van der Waals surface area contributed by atoms with E-state index in [1.807, 2.05) is 31.3 Å². The quantitative estimate of drug-likeness (QED) is 0.0982. The van der Waals surface area contributed by atoms with Gasteiger partial charge < -0.3 is 20.9 Å². The van der Waals surface area contributed by atoms with Crippen molar-refractivity contribution in [1.29, 1.82) is 5.26 Å². The van der Waals surface area contributed by atoms with Crippen LogP contribution in [0, 0.1) is 11.3 Å². The number of amidine groups is 1. The van der Waals surface area contributed by atoms with Crippen LogP contribution in [0.2, 0.25) is 0 Å². The van der Waals surface area contributed by atoms with Crippen molar-refractivity contribution >= 4 is 17.6 Å². The number of hydrogen-bond acceptors (Lipinski definition) is 7. The maximum atomic E-state index is 13.4. The number of likely N-dealkylation sites (tertiary alicyclic amines) is 1. The molecule has 1 saturated heterocycles. The van der Waals surface area contributed by atoms with Gasteiger partial charge in [0.25, 0.3) is 5.91 Å². The lowest BCUT2D eigenvalue weighted by atomic mass is 9.65. The molecule has 3 rings (SSSR count). The van der Waals surface area contributed by atoms with Crippen molar-refractivity contribution in [3.63, 3.8) is 0 Å². The first-order valence-electron chi connectivity index (χ1n) is 18.8. The molecule has 0 saturated carbocycles. The third-order valence-corrected chi connectivity index (χ3v) is 10.4. The summed E-state index contributed by atoms with van der Waals surface area (Å²) in [5, 5.41) is 21.2. The number of carbonyl (C=O) groups is 2. The lowest BCUT2D eigenvalue weighted by Gasteiger charge is -2.46. The van der Waals surface area contributed by atoms with E-state index in [1.54, 1.807) is 19.1 Å². The number of nitrogens with one attached hydrogen (secondary N) is 3. The molecule has 1 heterocycles. The Morgan fingerprint density at radius 2 is 1.96 bits per heavy atom. The number of carbonyl (C=O) groups excluding carboxylic acids is 2. The summed E-state index contributed by atoms with van der Waals surface area (Å²) in [6.07, 6.45) is 10.4. The van der Waals surface area contributed by atoms with Crippen LogP contribution in [0.15, 0.2) is 58.3 Å². The van der Waals surface area contributed by atoms with Crippen molar-refractivity contribution in [3.05, 3.63) is 70.0 Å². The zero-order valence-corrected chi connectivity index (χ0v) is 32.7. The van der Waals surface area contributed by atoms with Crippen molar-refractivity contribution in [2.75, 3.05) is 41.3 Å². The highest BCUT2D eigenvalue weighted by Gasteiger charge is 2.48. The smallest absolute Gasteiger partial charge is 0.251 e. The molecule has 0 bridgehead atoms. The molecule has 10 heteroatoms. The highest BCUT2D eigenvalue weighted by Crippen LogP contribution is 2.48. The Morgan fingerprint density at radius 3 is 2.57 bits per heavy atom. The van der Waals surface area contributed by atoms with Gasteiger partial charge in [-0.15, -0.1) is 0 Å².